The maximum Gasteiger partial charge on any atom is 0.118 e. The van der Waals surface area contributed by atoms with Crippen LogP contribution in [0.25, 0.3) is 0 Å². The Kier molecular flexibility index (Phi) is 6.87. The van der Waals surface area contributed by atoms with Crippen LogP contribution < -0.4 is 4.74 Å². The number of methoxy groups -OCH3 is 1. The lowest BCUT2D eigenvalue weighted by Crippen LogP contribution is -1.83. The van der Waals surface area contributed by atoms with Gasteiger partial charge in [0.1, 0.15) is 5.75 Å². The van der Waals surface area contributed by atoms with E-state index in [-0.39, 0.29) is 0 Å². The maximum atomic E-state index is 8.75. The first kappa shape index (κ1) is 16.2. The molecule has 5 heteroatoms. The molecule has 0 amide bonds. The summed E-state index contributed by atoms with van der Waals surface area (Å²) in [5, 5.41) is 8.75. The normalized spacial score (nSPS) is 10.1. The zero-order valence-electron chi connectivity index (χ0n) is 11.6. The van der Waals surface area contributed by atoms with Gasteiger partial charge < -0.3 is 4.74 Å². The van der Waals surface area contributed by atoms with Crippen molar-refractivity contribution in [3.63, 3.8) is 0 Å². The molecule has 2 nitrogen and oxygen atoms in total. The van der Waals surface area contributed by atoms with Gasteiger partial charge in [-0.2, -0.15) is 5.26 Å². The van der Waals surface area contributed by atoms with E-state index in [2.05, 4.69) is 18.2 Å². The van der Waals surface area contributed by atoms with E-state index in [1.54, 1.807) is 16.9 Å². The standard InChI is InChI=1S/C16H15NOS3/c1-18-16-8-6-15(7-9-16)12-20-21-19-11-14-4-2-13(10-17)3-5-14/h2-9H,11-12H2,1H3. The van der Waals surface area contributed by atoms with Crippen molar-refractivity contribution in [2.24, 2.45) is 0 Å². The van der Waals surface area contributed by atoms with Gasteiger partial charge in [-0.15, -0.1) is 0 Å². The molecule has 2 rings (SSSR count). The highest BCUT2D eigenvalue weighted by molar-refractivity contribution is 9.09. The number of hydrogen-bond donors (Lipinski definition) is 0. The summed E-state index contributed by atoms with van der Waals surface area (Å²) >= 11 is 0. The highest BCUT2D eigenvalue weighted by atomic mass is 33.5. The summed E-state index contributed by atoms with van der Waals surface area (Å²) in [6.07, 6.45) is 0. The van der Waals surface area contributed by atoms with Crippen LogP contribution in [-0.2, 0) is 11.5 Å². The van der Waals surface area contributed by atoms with E-state index in [0.717, 1.165) is 17.3 Å². The van der Waals surface area contributed by atoms with Crippen LogP contribution >= 0.6 is 31.4 Å². The van der Waals surface area contributed by atoms with E-state index in [9.17, 15) is 0 Å². The first-order valence-electron chi connectivity index (χ1n) is 6.35. The number of ether oxygens (including phenoxy) is 1. The average molecular weight is 334 g/mol. The Bertz CT molecular complexity index is 590. The van der Waals surface area contributed by atoms with Crippen LogP contribution in [0.3, 0.4) is 0 Å². The van der Waals surface area contributed by atoms with Crippen LogP contribution in [0.5, 0.6) is 5.75 Å². The number of hydrogen-bond acceptors (Lipinski definition) is 5. The van der Waals surface area contributed by atoms with Gasteiger partial charge in [0.15, 0.2) is 0 Å². The summed E-state index contributed by atoms with van der Waals surface area (Å²) in [6, 6.07) is 18.1. The fraction of sp³-hybridized carbons (Fsp3) is 0.188. The molecule has 21 heavy (non-hydrogen) atoms. The minimum Gasteiger partial charge on any atom is -0.497 e. The van der Waals surface area contributed by atoms with Gasteiger partial charge in [0.2, 0.25) is 0 Å². The summed E-state index contributed by atoms with van der Waals surface area (Å²) in [5.41, 5.74) is 3.26. The van der Waals surface area contributed by atoms with E-state index >= 15 is 0 Å². The monoisotopic (exact) mass is 333 g/mol. The van der Waals surface area contributed by atoms with E-state index in [4.69, 9.17) is 10.00 Å². The van der Waals surface area contributed by atoms with Gasteiger partial charge in [-0.05, 0) is 45.2 Å². The zero-order chi connectivity index (χ0) is 14.9. The molecule has 0 aliphatic carbocycles. The van der Waals surface area contributed by atoms with Crippen molar-refractivity contribution in [3.8, 4) is 11.8 Å². The number of benzene rings is 2. The second-order valence-corrected chi connectivity index (χ2v) is 8.48. The van der Waals surface area contributed by atoms with Crippen LogP contribution in [0.15, 0.2) is 48.5 Å². The van der Waals surface area contributed by atoms with Crippen molar-refractivity contribution < 1.29 is 4.74 Å². The molecule has 0 fully saturated rings. The van der Waals surface area contributed by atoms with Gasteiger partial charge >= 0.3 is 0 Å². The Hall–Kier alpha value is -1.22. The van der Waals surface area contributed by atoms with Crippen LogP contribution in [-0.4, -0.2) is 7.11 Å². The molecule has 0 heterocycles. The zero-order valence-corrected chi connectivity index (χ0v) is 14.1. The van der Waals surface area contributed by atoms with Gasteiger partial charge in [0.25, 0.3) is 0 Å². The van der Waals surface area contributed by atoms with E-state index < -0.39 is 0 Å². The summed E-state index contributed by atoms with van der Waals surface area (Å²) < 4.78 is 5.14. The molecule has 2 aromatic rings. The van der Waals surface area contributed by atoms with Crippen molar-refractivity contribution in [1.29, 1.82) is 5.26 Å². The van der Waals surface area contributed by atoms with E-state index in [1.807, 2.05) is 58.0 Å². The van der Waals surface area contributed by atoms with Gasteiger partial charge in [-0.1, -0.05) is 45.9 Å². The highest BCUT2D eigenvalue weighted by Crippen LogP contribution is 2.38. The molecule has 0 atom stereocenters. The summed E-state index contributed by atoms with van der Waals surface area (Å²) in [6.45, 7) is 0. The van der Waals surface area contributed by atoms with E-state index in [0.29, 0.717) is 5.56 Å². The fourth-order valence-corrected chi connectivity index (χ4v) is 5.22. The Morgan fingerprint density at radius 2 is 1.43 bits per heavy atom. The second-order valence-electron chi connectivity index (χ2n) is 4.25. The molecule has 0 aliphatic heterocycles. The Balaban J connectivity index is 1.66. The molecule has 0 aromatic heterocycles. The van der Waals surface area contributed by atoms with Crippen LogP contribution in [0.2, 0.25) is 0 Å². The van der Waals surface area contributed by atoms with Crippen LogP contribution in [0.1, 0.15) is 16.7 Å². The first-order chi connectivity index (χ1) is 10.3. The lowest BCUT2D eigenvalue weighted by molar-refractivity contribution is 0.414. The van der Waals surface area contributed by atoms with Gasteiger partial charge in [0, 0.05) is 11.5 Å². The van der Waals surface area contributed by atoms with Crippen molar-refractivity contribution in [2.45, 2.75) is 11.5 Å². The number of rotatable bonds is 7. The van der Waals surface area contributed by atoms with Gasteiger partial charge in [-0.25, -0.2) is 0 Å². The van der Waals surface area contributed by atoms with Crippen LogP contribution in [0.4, 0.5) is 0 Å². The molecule has 0 bridgehead atoms. The molecule has 0 N–H and O–H groups in total. The molecule has 0 unspecified atom stereocenters. The lowest BCUT2D eigenvalue weighted by atomic mass is 10.2. The minimum atomic E-state index is 0.713. The fourth-order valence-electron chi connectivity index (χ4n) is 1.62. The van der Waals surface area contributed by atoms with Crippen molar-refractivity contribution >= 4 is 31.4 Å². The highest BCUT2D eigenvalue weighted by Gasteiger charge is 1.98. The topological polar surface area (TPSA) is 33.0 Å². The molecule has 0 aliphatic rings. The minimum absolute atomic E-state index is 0.713. The molecule has 0 saturated heterocycles. The summed E-state index contributed by atoms with van der Waals surface area (Å²) in [5.74, 6) is 2.83. The quantitative estimate of drug-likeness (QED) is 0.507. The van der Waals surface area contributed by atoms with Gasteiger partial charge in [0.05, 0.1) is 18.7 Å². The Labute approximate surface area is 137 Å². The molecule has 0 radical (unpaired) electrons. The third-order valence-corrected chi connectivity index (χ3v) is 6.90. The molecule has 108 valence electrons. The SMILES string of the molecule is COc1ccc(CSSSCc2ccc(C#N)cc2)cc1. The van der Waals surface area contributed by atoms with Crippen molar-refractivity contribution in [3.05, 3.63) is 65.2 Å². The molecule has 0 spiro atoms. The first-order valence-corrected chi connectivity index (χ1v) is 10.2. The molecular weight excluding hydrogens is 318 g/mol. The summed E-state index contributed by atoms with van der Waals surface area (Å²) in [7, 11) is 7.13. The Morgan fingerprint density at radius 3 is 1.90 bits per heavy atom. The van der Waals surface area contributed by atoms with Gasteiger partial charge in [-0.3, -0.25) is 0 Å². The predicted molar refractivity (Wildman–Crippen MR) is 94.3 cm³/mol. The largest absolute Gasteiger partial charge is 0.497 e. The molecular formula is C16H15NOS3. The van der Waals surface area contributed by atoms with Crippen molar-refractivity contribution in [1.82, 2.24) is 0 Å². The van der Waals surface area contributed by atoms with Crippen LogP contribution in [0, 0.1) is 11.3 Å². The third-order valence-electron chi connectivity index (χ3n) is 2.79. The smallest absolute Gasteiger partial charge is 0.118 e. The van der Waals surface area contributed by atoms with Crippen molar-refractivity contribution in [2.75, 3.05) is 7.11 Å². The molecule has 0 saturated carbocycles. The van der Waals surface area contributed by atoms with E-state index in [1.165, 1.54) is 11.1 Å². The predicted octanol–water partition coefficient (Wildman–Crippen LogP) is 5.30. The number of nitriles is 1. The second kappa shape index (κ2) is 8.93. The lowest BCUT2D eigenvalue weighted by Gasteiger charge is -2.03. The maximum absolute atomic E-state index is 8.75. The average Bonchev–Trinajstić information content (AvgIpc) is 2.55. The molecule has 2 aromatic carbocycles. The third kappa shape index (κ3) is 5.58. The number of nitrogens with zero attached hydrogens (tertiary/aromatic N) is 1. The Morgan fingerprint density at radius 1 is 0.905 bits per heavy atom. The summed E-state index contributed by atoms with van der Waals surface area (Å²) in [4.78, 5) is 0.